The molecule has 0 unspecified atom stereocenters. The normalized spacial score (nSPS) is 58.9. The SMILES string of the molecule is C[C@]12CC[C@@H](O)C[C@H]1CC[C@H]1[C@H]2CC[C@]2(C)/C(=N/N=C3/CC[C@@H]4[C@@H]5CC[C@@H]6C[C@@H](O)CC[C@]6(C)[C@H]5CC[C@]34C)CC[C@@H]12. The molecule has 0 radical (unpaired) electrons. The van der Waals surface area contributed by atoms with Gasteiger partial charge in [0.05, 0.1) is 12.2 Å². The van der Waals surface area contributed by atoms with E-state index in [0.29, 0.717) is 10.8 Å². The quantitative estimate of drug-likeness (QED) is 0.307. The highest BCUT2D eigenvalue weighted by atomic mass is 16.3. The Morgan fingerprint density at radius 2 is 0.929 bits per heavy atom. The lowest BCUT2D eigenvalue weighted by molar-refractivity contribution is -0.114. The van der Waals surface area contributed by atoms with Crippen LogP contribution in [0.25, 0.3) is 0 Å². The highest BCUT2D eigenvalue weighted by Crippen LogP contribution is 2.67. The fourth-order valence-corrected chi connectivity index (χ4v) is 14.5. The average Bonchev–Trinajstić information content (AvgIpc) is 3.48. The Balaban J connectivity index is 1.00. The lowest BCUT2D eigenvalue weighted by Gasteiger charge is -2.60. The van der Waals surface area contributed by atoms with E-state index in [1.807, 2.05) is 0 Å². The van der Waals surface area contributed by atoms with Gasteiger partial charge < -0.3 is 10.2 Å². The molecule has 0 aliphatic heterocycles. The fraction of sp³-hybridized carbons (Fsp3) is 0.947. The molecular weight excluding hydrogens is 516 g/mol. The summed E-state index contributed by atoms with van der Waals surface area (Å²) in [5, 5.41) is 31.4. The summed E-state index contributed by atoms with van der Waals surface area (Å²) < 4.78 is 0. The van der Waals surface area contributed by atoms with Crippen LogP contribution in [0.5, 0.6) is 0 Å². The first kappa shape index (κ1) is 28.7. The number of fused-ring (bicyclic) bond motifs is 10. The molecule has 0 aromatic carbocycles. The number of hydrogen-bond acceptors (Lipinski definition) is 4. The van der Waals surface area contributed by atoms with Gasteiger partial charge >= 0.3 is 0 Å². The molecule has 0 bridgehead atoms. The molecule has 4 nitrogen and oxygen atoms in total. The summed E-state index contributed by atoms with van der Waals surface area (Å²) in [6, 6.07) is 0. The topological polar surface area (TPSA) is 65.2 Å². The Morgan fingerprint density at radius 1 is 0.500 bits per heavy atom. The molecule has 0 amide bonds. The number of nitrogens with zero attached hydrogens (tertiary/aromatic N) is 2. The van der Waals surface area contributed by atoms with Gasteiger partial charge in [-0.25, -0.2) is 0 Å². The molecule has 8 rings (SSSR count). The van der Waals surface area contributed by atoms with E-state index in [9.17, 15) is 10.2 Å². The molecule has 0 saturated heterocycles. The van der Waals surface area contributed by atoms with Crippen LogP contribution in [0.3, 0.4) is 0 Å². The molecule has 2 N–H and O–H groups in total. The van der Waals surface area contributed by atoms with E-state index in [1.54, 1.807) is 0 Å². The highest BCUT2D eigenvalue weighted by molar-refractivity contribution is 5.95. The largest absolute Gasteiger partial charge is 0.393 e. The molecular formula is C38H60N2O2. The minimum absolute atomic E-state index is 0.0516. The highest BCUT2D eigenvalue weighted by Gasteiger charge is 2.61. The van der Waals surface area contributed by atoms with E-state index in [-0.39, 0.29) is 23.0 Å². The zero-order chi connectivity index (χ0) is 29.1. The molecule has 4 heteroatoms. The predicted molar refractivity (Wildman–Crippen MR) is 170 cm³/mol. The molecule has 0 heterocycles. The van der Waals surface area contributed by atoms with Crippen LogP contribution in [0.15, 0.2) is 10.2 Å². The number of rotatable bonds is 1. The Kier molecular flexibility index (Phi) is 6.75. The van der Waals surface area contributed by atoms with E-state index < -0.39 is 0 Å². The van der Waals surface area contributed by atoms with Gasteiger partial charge in [-0.1, -0.05) is 27.7 Å². The molecule has 14 atom stereocenters. The van der Waals surface area contributed by atoms with Crippen molar-refractivity contribution in [2.75, 3.05) is 0 Å². The van der Waals surface area contributed by atoms with Crippen LogP contribution in [0.2, 0.25) is 0 Å². The van der Waals surface area contributed by atoms with E-state index in [1.165, 1.54) is 88.5 Å². The maximum absolute atomic E-state index is 10.4. The standard InChI is InChI=1S/C38H60N2O2/c1-35-17-13-25(41)21-23(35)5-7-27-29-9-11-33(37(29,3)19-15-31(27)35)39-40-34-12-10-30-28-8-6-24-22-26(42)14-18-36(24,2)32(28)16-20-38(30,34)4/h23-32,41-42H,5-22H2,1-4H3/b39-33-,40-34+/t23-,24-,25+,26-,27+,28-,29-,30+,31+,32-,35+,36+,37+,38+/m1/s1. The Morgan fingerprint density at radius 3 is 1.36 bits per heavy atom. The number of aliphatic hydroxyl groups excluding tert-OH is 2. The second-order valence-corrected chi connectivity index (χ2v) is 18.3. The second kappa shape index (κ2) is 9.88. The number of hydrogen-bond donors (Lipinski definition) is 2. The van der Waals surface area contributed by atoms with Crippen LogP contribution >= 0.6 is 0 Å². The zero-order valence-corrected chi connectivity index (χ0v) is 27.3. The monoisotopic (exact) mass is 576 g/mol. The third kappa shape index (κ3) is 3.97. The average molecular weight is 577 g/mol. The maximum atomic E-state index is 10.4. The molecule has 8 fully saturated rings. The molecule has 42 heavy (non-hydrogen) atoms. The van der Waals surface area contributed by atoms with Gasteiger partial charge in [0.2, 0.25) is 0 Å². The van der Waals surface area contributed by atoms with Gasteiger partial charge in [0.25, 0.3) is 0 Å². The minimum atomic E-state index is -0.0516. The van der Waals surface area contributed by atoms with Gasteiger partial charge in [0.1, 0.15) is 0 Å². The van der Waals surface area contributed by atoms with Crippen LogP contribution in [-0.2, 0) is 0 Å². The first-order valence-electron chi connectivity index (χ1n) is 18.6. The fourth-order valence-electron chi connectivity index (χ4n) is 14.5. The van der Waals surface area contributed by atoms with Crippen LogP contribution in [-0.4, -0.2) is 33.8 Å². The predicted octanol–water partition coefficient (Wildman–Crippen LogP) is 8.59. The van der Waals surface area contributed by atoms with Crippen molar-refractivity contribution in [3.63, 3.8) is 0 Å². The van der Waals surface area contributed by atoms with Crippen molar-refractivity contribution in [2.24, 2.45) is 79.2 Å². The Hall–Kier alpha value is -0.740. The first-order valence-corrected chi connectivity index (χ1v) is 18.6. The van der Waals surface area contributed by atoms with Crippen molar-refractivity contribution >= 4 is 11.4 Å². The molecule has 0 aromatic heterocycles. The third-order valence-corrected chi connectivity index (χ3v) is 17.0. The van der Waals surface area contributed by atoms with E-state index in [2.05, 4.69) is 27.7 Å². The molecule has 8 aliphatic carbocycles. The van der Waals surface area contributed by atoms with Gasteiger partial charge in [-0.2, -0.15) is 10.2 Å². The van der Waals surface area contributed by atoms with Crippen LogP contribution < -0.4 is 0 Å². The summed E-state index contributed by atoms with van der Waals surface area (Å²) in [7, 11) is 0. The summed E-state index contributed by atoms with van der Waals surface area (Å²) >= 11 is 0. The minimum Gasteiger partial charge on any atom is -0.393 e. The molecule has 8 saturated carbocycles. The van der Waals surface area contributed by atoms with Crippen LogP contribution in [0, 0.1) is 69.0 Å². The Bertz CT molecular complexity index is 1060. The van der Waals surface area contributed by atoms with Crippen molar-refractivity contribution in [2.45, 2.75) is 155 Å². The van der Waals surface area contributed by atoms with Crippen molar-refractivity contribution in [3.8, 4) is 0 Å². The summed E-state index contributed by atoms with van der Waals surface area (Å²) in [5.41, 5.74) is 4.28. The van der Waals surface area contributed by atoms with Crippen molar-refractivity contribution in [1.29, 1.82) is 0 Å². The first-order chi connectivity index (χ1) is 20.1. The lowest BCUT2D eigenvalue weighted by atomic mass is 9.45. The summed E-state index contributed by atoms with van der Waals surface area (Å²) in [6.07, 6.45) is 22.2. The van der Waals surface area contributed by atoms with Crippen LogP contribution in [0.1, 0.15) is 143 Å². The zero-order valence-electron chi connectivity index (χ0n) is 27.3. The summed E-state index contributed by atoms with van der Waals surface area (Å²) in [6.45, 7) is 10.4. The van der Waals surface area contributed by atoms with Crippen molar-refractivity contribution in [3.05, 3.63) is 0 Å². The van der Waals surface area contributed by atoms with Crippen LogP contribution in [0.4, 0.5) is 0 Å². The molecule has 0 spiro atoms. The smallest absolute Gasteiger partial charge is 0.0543 e. The summed E-state index contributed by atoms with van der Waals surface area (Å²) in [4.78, 5) is 0. The van der Waals surface area contributed by atoms with E-state index in [0.717, 1.165) is 85.9 Å². The number of aliphatic hydroxyl groups is 2. The van der Waals surface area contributed by atoms with Crippen molar-refractivity contribution < 1.29 is 10.2 Å². The summed E-state index contributed by atoms with van der Waals surface area (Å²) in [5.74, 6) is 6.44. The maximum Gasteiger partial charge on any atom is 0.0543 e. The molecule has 0 aromatic rings. The second-order valence-electron chi connectivity index (χ2n) is 18.3. The lowest BCUT2D eigenvalue weighted by Crippen LogP contribution is -2.54. The van der Waals surface area contributed by atoms with Gasteiger partial charge in [0, 0.05) is 22.3 Å². The van der Waals surface area contributed by atoms with E-state index in [4.69, 9.17) is 10.2 Å². The Labute approximate surface area is 256 Å². The molecule has 234 valence electrons. The third-order valence-electron chi connectivity index (χ3n) is 17.0. The van der Waals surface area contributed by atoms with Crippen molar-refractivity contribution in [1.82, 2.24) is 0 Å². The van der Waals surface area contributed by atoms with Gasteiger partial charge in [-0.3, -0.25) is 0 Å². The van der Waals surface area contributed by atoms with E-state index >= 15 is 0 Å². The molecule has 8 aliphatic rings. The van der Waals surface area contributed by atoms with Gasteiger partial charge in [0.15, 0.2) is 0 Å². The van der Waals surface area contributed by atoms with Gasteiger partial charge in [-0.15, -0.1) is 0 Å². The van der Waals surface area contributed by atoms with Gasteiger partial charge in [-0.05, 0) is 174 Å².